The highest BCUT2D eigenvalue weighted by Gasteiger charge is 2.11. The number of nitrogens with zero attached hydrogens (tertiary/aromatic N) is 1. The van der Waals surface area contributed by atoms with Gasteiger partial charge in [-0.2, -0.15) is 0 Å². The quantitative estimate of drug-likeness (QED) is 0.800. The summed E-state index contributed by atoms with van der Waals surface area (Å²) in [6.07, 6.45) is 0.187. The highest BCUT2D eigenvalue weighted by atomic mass is 16.5. The molecule has 0 bridgehead atoms. The predicted octanol–water partition coefficient (Wildman–Crippen LogP) is 2.63. The Bertz CT molecular complexity index is 969. The van der Waals surface area contributed by atoms with E-state index in [-0.39, 0.29) is 12.3 Å². The van der Waals surface area contributed by atoms with Crippen LogP contribution in [0, 0.1) is 6.92 Å². The van der Waals surface area contributed by atoms with Crippen LogP contribution in [-0.4, -0.2) is 17.6 Å². The number of aromatic nitrogens is 1. The normalized spacial score (nSPS) is 10.8. The summed E-state index contributed by atoms with van der Waals surface area (Å²) in [7, 11) is 3.20. The number of carbonyl (C=O) groups excluding carboxylic acids is 1. The SMILES string of the molecule is COc1ccc(C)cc1NC(=O)Cc1ccc2oc(=O)n(C)c2c1. The molecule has 0 saturated heterocycles. The van der Waals surface area contributed by atoms with Gasteiger partial charge in [0.1, 0.15) is 5.75 Å². The topological polar surface area (TPSA) is 73.5 Å². The average Bonchev–Trinajstić information content (AvgIpc) is 2.82. The predicted molar refractivity (Wildman–Crippen MR) is 91.5 cm³/mol. The van der Waals surface area contributed by atoms with Gasteiger partial charge in [0.05, 0.1) is 24.7 Å². The number of carbonyl (C=O) groups is 1. The van der Waals surface area contributed by atoms with Gasteiger partial charge >= 0.3 is 5.76 Å². The summed E-state index contributed by atoms with van der Waals surface area (Å²) in [5.74, 6) is 0.0319. The van der Waals surface area contributed by atoms with Crippen molar-refractivity contribution < 1.29 is 13.9 Å². The number of fused-ring (bicyclic) bond motifs is 1. The maximum absolute atomic E-state index is 12.3. The van der Waals surface area contributed by atoms with Gasteiger partial charge in [-0.1, -0.05) is 12.1 Å². The van der Waals surface area contributed by atoms with Gasteiger partial charge in [0.2, 0.25) is 5.91 Å². The Balaban J connectivity index is 1.81. The van der Waals surface area contributed by atoms with E-state index in [9.17, 15) is 9.59 Å². The molecule has 1 N–H and O–H groups in total. The van der Waals surface area contributed by atoms with Crippen LogP contribution in [0.25, 0.3) is 11.1 Å². The molecule has 6 nitrogen and oxygen atoms in total. The Kier molecular flexibility index (Phi) is 4.12. The Morgan fingerprint density at radius 2 is 2.04 bits per heavy atom. The highest BCUT2D eigenvalue weighted by Crippen LogP contribution is 2.25. The largest absolute Gasteiger partial charge is 0.495 e. The van der Waals surface area contributed by atoms with Gasteiger partial charge in [-0.3, -0.25) is 9.36 Å². The fourth-order valence-corrected chi connectivity index (χ4v) is 2.58. The summed E-state index contributed by atoms with van der Waals surface area (Å²) < 4.78 is 11.8. The van der Waals surface area contributed by atoms with E-state index in [2.05, 4.69) is 5.32 Å². The van der Waals surface area contributed by atoms with Crippen LogP contribution < -0.4 is 15.8 Å². The number of ether oxygens (including phenoxy) is 1. The molecule has 0 aliphatic carbocycles. The molecular weight excluding hydrogens is 308 g/mol. The zero-order chi connectivity index (χ0) is 17.3. The number of benzene rings is 2. The van der Waals surface area contributed by atoms with Crippen molar-refractivity contribution in [2.24, 2.45) is 7.05 Å². The molecule has 0 spiro atoms. The Morgan fingerprint density at radius 1 is 1.25 bits per heavy atom. The van der Waals surface area contributed by atoms with Crippen molar-refractivity contribution >= 4 is 22.7 Å². The van der Waals surface area contributed by atoms with Crippen molar-refractivity contribution in [3.05, 3.63) is 58.1 Å². The maximum atomic E-state index is 12.3. The van der Waals surface area contributed by atoms with Crippen LogP contribution in [0.2, 0.25) is 0 Å². The minimum Gasteiger partial charge on any atom is -0.495 e. The van der Waals surface area contributed by atoms with Crippen LogP contribution in [0.1, 0.15) is 11.1 Å². The summed E-state index contributed by atoms with van der Waals surface area (Å²) >= 11 is 0. The third kappa shape index (κ3) is 3.03. The molecule has 3 rings (SSSR count). The number of rotatable bonds is 4. The standard InChI is InChI=1S/C18H18N2O4/c1-11-4-6-15(23-3)13(8-11)19-17(21)10-12-5-7-16-14(9-12)20(2)18(22)24-16/h4-9H,10H2,1-3H3,(H,19,21). The zero-order valence-corrected chi connectivity index (χ0v) is 13.8. The lowest BCUT2D eigenvalue weighted by atomic mass is 10.1. The van der Waals surface area contributed by atoms with E-state index in [0.29, 0.717) is 22.5 Å². The van der Waals surface area contributed by atoms with Crippen LogP contribution in [0.3, 0.4) is 0 Å². The van der Waals surface area contributed by atoms with Gasteiger partial charge in [-0.05, 0) is 42.3 Å². The molecule has 0 aliphatic rings. The van der Waals surface area contributed by atoms with E-state index in [0.717, 1.165) is 11.1 Å². The monoisotopic (exact) mass is 326 g/mol. The van der Waals surface area contributed by atoms with Gasteiger partial charge in [-0.25, -0.2) is 4.79 Å². The van der Waals surface area contributed by atoms with E-state index >= 15 is 0 Å². The van der Waals surface area contributed by atoms with Crippen LogP contribution in [0.4, 0.5) is 5.69 Å². The first-order chi connectivity index (χ1) is 11.5. The molecule has 2 aromatic carbocycles. The zero-order valence-electron chi connectivity index (χ0n) is 13.8. The molecule has 0 radical (unpaired) electrons. The second-order valence-corrected chi connectivity index (χ2v) is 5.66. The van der Waals surface area contributed by atoms with Gasteiger partial charge < -0.3 is 14.5 Å². The van der Waals surface area contributed by atoms with Crippen molar-refractivity contribution in [3.8, 4) is 5.75 Å². The Labute approximate surface area is 138 Å². The van der Waals surface area contributed by atoms with E-state index in [1.807, 2.05) is 25.1 Å². The first kappa shape index (κ1) is 15.9. The fourth-order valence-electron chi connectivity index (χ4n) is 2.58. The number of oxazole rings is 1. The molecule has 0 saturated carbocycles. The first-order valence-electron chi connectivity index (χ1n) is 7.51. The lowest BCUT2D eigenvalue weighted by Gasteiger charge is -2.11. The molecule has 1 amide bonds. The molecule has 6 heteroatoms. The van der Waals surface area contributed by atoms with Gasteiger partial charge in [-0.15, -0.1) is 0 Å². The lowest BCUT2D eigenvalue weighted by Crippen LogP contribution is -2.15. The summed E-state index contributed by atoms with van der Waals surface area (Å²) in [5.41, 5.74) is 3.63. The molecule has 0 aliphatic heterocycles. The van der Waals surface area contributed by atoms with Gasteiger partial charge in [0.25, 0.3) is 0 Å². The smallest absolute Gasteiger partial charge is 0.419 e. The number of hydrogen-bond acceptors (Lipinski definition) is 4. The fraction of sp³-hybridized carbons (Fsp3) is 0.222. The molecule has 0 unspecified atom stereocenters. The molecule has 24 heavy (non-hydrogen) atoms. The minimum atomic E-state index is -0.420. The van der Waals surface area contributed by atoms with Crippen LogP contribution in [0.15, 0.2) is 45.6 Å². The Morgan fingerprint density at radius 3 is 2.79 bits per heavy atom. The summed E-state index contributed by atoms with van der Waals surface area (Å²) in [6.45, 7) is 1.95. The molecule has 1 aromatic heterocycles. The number of aryl methyl sites for hydroxylation is 2. The van der Waals surface area contributed by atoms with Crippen molar-refractivity contribution in [3.63, 3.8) is 0 Å². The van der Waals surface area contributed by atoms with Crippen molar-refractivity contribution in [2.45, 2.75) is 13.3 Å². The third-order valence-electron chi connectivity index (χ3n) is 3.85. The Hall–Kier alpha value is -3.02. The number of amides is 1. The van der Waals surface area contributed by atoms with Gasteiger partial charge in [0, 0.05) is 7.05 Å². The summed E-state index contributed by atoms with van der Waals surface area (Å²) in [6, 6.07) is 10.9. The van der Waals surface area contributed by atoms with Crippen molar-refractivity contribution in [1.29, 1.82) is 0 Å². The first-order valence-corrected chi connectivity index (χ1v) is 7.51. The number of methoxy groups -OCH3 is 1. The van der Waals surface area contributed by atoms with E-state index in [1.165, 1.54) is 4.57 Å². The number of hydrogen-bond donors (Lipinski definition) is 1. The molecule has 1 heterocycles. The highest BCUT2D eigenvalue weighted by molar-refractivity contribution is 5.94. The van der Waals surface area contributed by atoms with Crippen molar-refractivity contribution in [2.75, 3.05) is 12.4 Å². The van der Waals surface area contributed by atoms with E-state index in [4.69, 9.17) is 9.15 Å². The van der Waals surface area contributed by atoms with Crippen LogP contribution >= 0.6 is 0 Å². The molecule has 124 valence electrons. The van der Waals surface area contributed by atoms with Crippen molar-refractivity contribution in [1.82, 2.24) is 4.57 Å². The van der Waals surface area contributed by atoms with Gasteiger partial charge in [0.15, 0.2) is 5.58 Å². The lowest BCUT2D eigenvalue weighted by molar-refractivity contribution is -0.115. The minimum absolute atomic E-state index is 0.160. The third-order valence-corrected chi connectivity index (χ3v) is 3.85. The van der Waals surface area contributed by atoms with Crippen LogP contribution in [-0.2, 0) is 18.3 Å². The second kappa shape index (κ2) is 6.23. The second-order valence-electron chi connectivity index (χ2n) is 5.66. The summed E-state index contributed by atoms with van der Waals surface area (Å²) in [4.78, 5) is 23.8. The van der Waals surface area contributed by atoms with E-state index in [1.54, 1.807) is 32.4 Å². The summed E-state index contributed by atoms with van der Waals surface area (Å²) in [5, 5.41) is 2.86. The molecule has 3 aromatic rings. The average molecular weight is 326 g/mol. The molecule has 0 atom stereocenters. The number of nitrogens with one attached hydrogen (secondary N) is 1. The van der Waals surface area contributed by atoms with Crippen LogP contribution in [0.5, 0.6) is 5.75 Å². The molecule has 0 fully saturated rings. The maximum Gasteiger partial charge on any atom is 0.419 e. The number of anilines is 1. The van der Waals surface area contributed by atoms with E-state index < -0.39 is 5.76 Å². The molecular formula is C18H18N2O4.